The molecule has 0 fully saturated rings. The van der Waals surface area contributed by atoms with Crippen molar-refractivity contribution in [2.24, 2.45) is 0 Å². The molecule has 3 aromatic heterocycles. The zero-order chi connectivity index (χ0) is 20.6. The molecule has 1 aliphatic heterocycles. The topological polar surface area (TPSA) is 69.2 Å². The van der Waals surface area contributed by atoms with Crippen LogP contribution in [0.3, 0.4) is 0 Å². The van der Waals surface area contributed by atoms with Crippen molar-refractivity contribution < 1.29 is 9.47 Å². The van der Waals surface area contributed by atoms with Gasteiger partial charge in [0, 0.05) is 29.4 Å². The molecule has 2 aliphatic rings. The molecule has 1 aliphatic carbocycles. The fourth-order valence-corrected chi connectivity index (χ4v) is 5.60. The van der Waals surface area contributed by atoms with Crippen molar-refractivity contribution in [3.05, 3.63) is 58.7 Å². The first-order valence-corrected chi connectivity index (χ1v) is 11.5. The lowest BCUT2D eigenvalue weighted by atomic mass is 9.97. The second-order valence-corrected chi connectivity index (χ2v) is 8.97. The largest absolute Gasteiger partial charge is 0.454 e. The molecule has 7 heteroatoms. The third-order valence-electron chi connectivity index (χ3n) is 5.90. The maximum Gasteiger partial charge on any atom is 0.231 e. The third kappa shape index (κ3) is 3.49. The predicted octanol–water partition coefficient (Wildman–Crippen LogP) is 5.02. The Morgan fingerprint density at radius 1 is 0.968 bits per heavy atom. The number of thiophene rings is 1. The third-order valence-corrected chi connectivity index (χ3v) is 7.08. The van der Waals surface area contributed by atoms with Crippen LogP contribution in [0.25, 0.3) is 21.6 Å². The molecular formula is C24H22N4O2S. The SMILES string of the molecule is c1cc(-c2nc(NCCc3ccc4c(c3)OCO4)c3c4c(sc3n2)CCCC4)ccn1. The monoisotopic (exact) mass is 430 g/mol. The molecule has 1 aromatic carbocycles. The number of fused-ring (bicyclic) bond motifs is 4. The Hall–Kier alpha value is -3.19. The van der Waals surface area contributed by atoms with E-state index in [0.29, 0.717) is 6.79 Å². The van der Waals surface area contributed by atoms with Gasteiger partial charge in [-0.25, -0.2) is 9.97 Å². The van der Waals surface area contributed by atoms with Crippen LogP contribution in [0, 0.1) is 0 Å². The molecule has 0 unspecified atom stereocenters. The number of pyridine rings is 1. The van der Waals surface area contributed by atoms with Gasteiger partial charge in [0.05, 0.1) is 5.39 Å². The fourth-order valence-electron chi connectivity index (χ4n) is 4.34. The van der Waals surface area contributed by atoms with Gasteiger partial charge in [-0.3, -0.25) is 4.98 Å². The second kappa shape index (κ2) is 7.81. The molecule has 0 saturated heterocycles. The average Bonchev–Trinajstić information content (AvgIpc) is 3.43. The molecule has 0 saturated carbocycles. The van der Waals surface area contributed by atoms with E-state index in [9.17, 15) is 0 Å². The smallest absolute Gasteiger partial charge is 0.231 e. The molecular weight excluding hydrogens is 408 g/mol. The first-order valence-electron chi connectivity index (χ1n) is 10.7. The van der Waals surface area contributed by atoms with Gasteiger partial charge >= 0.3 is 0 Å². The zero-order valence-corrected chi connectivity index (χ0v) is 17.9. The molecule has 0 amide bonds. The van der Waals surface area contributed by atoms with E-state index in [1.165, 1.54) is 34.2 Å². The number of nitrogens with one attached hydrogen (secondary N) is 1. The number of aromatic nitrogens is 3. The Kier molecular flexibility index (Phi) is 4.68. The van der Waals surface area contributed by atoms with Crippen LogP contribution in [0.2, 0.25) is 0 Å². The number of benzene rings is 1. The Bertz CT molecular complexity index is 1260. The van der Waals surface area contributed by atoms with Gasteiger partial charge in [0.1, 0.15) is 10.6 Å². The van der Waals surface area contributed by atoms with Gasteiger partial charge in [-0.1, -0.05) is 6.07 Å². The molecule has 31 heavy (non-hydrogen) atoms. The van der Waals surface area contributed by atoms with Crippen molar-refractivity contribution in [3.63, 3.8) is 0 Å². The fraction of sp³-hybridized carbons (Fsp3) is 0.292. The molecule has 0 radical (unpaired) electrons. The number of nitrogens with zero attached hydrogens (tertiary/aromatic N) is 3. The lowest BCUT2D eigenvalue weighted by Crippen LogP contribution is -2.09. The predicted molar refractivity (Wildman–Crippen MR) is 122 cm³/mol. The Labute approximate surface area is 184 Å². The Morgan fingerprint density at radius 2 is 1.84 bits per heavy atom. The van der Waals surface area contributed by atoms with Gasteiger partial charge in [-0.05, 0) is 67.5 Å². The molecule has 156 valence electrons. The van der Waals surface area contributed by atoms with Crippen molar-refractivity contribution in [3.8, 4) is 22.9 Å². The molecule has 4 heterocycles. The normalized spacial score (nSPS) is 14.6. The highest BCUT2D eigenvalue weighted by molar-refractivity contribution is 7.19. The maximum atomic E-state index is 5.51. The summed E-state index contributed by atoms with van der Waals surface area (Å²) >= 11 is 1.83. The Morgan fingerprint density at radius 3 is 2.77 bits per heavy atom. The van der Waals surface area contributed by atoms with Crippen LogP contribution in [-0.4, -0.2) is 28.3 Å². The van der Waals surface area contributed by atoms with Crippen LogP contribution in [0.4, 0.5) is 5.82 Å². The number of hydrogen-bond acceptors (Lipinski definition) is 7. The van der Waals surface area contributed by atoms with E-state index < -0.39 is 0 Å². The first kappa shape index (κ1) is 18.6. The summed E-state index contributed by atoms with van der Waals surface area (Å²) in [5.41, 5.74) is 3.64. The summed E-state index contributed by atoms with van der Waals surface area (Å²) in [5, 5.41) is 4.83. The number of hydrogen-bond donors (Lipinski definition) is 1. The number of rotatable bonds is 5. The van der Waals surface area contributed by atoms with Crippen LogP contribution in [0.5, 0.6) is 11.5 Å². The van der Waals surface area contributed by atoms with E-state index >= 15 is 0 Å². The van der Waals surface area contributed by atoms with Crippen molar-refractivity contribution in [1.82, 2.24) is 15.0 Å². The quantitative estimate of drug-likeness (QED) is 0.480. The molecule has 0 atom stereocenters. The van der Waals surface area contributed by atoms with Gasteiger partial charge in [0.15, 0.2) is 17.3 Å². The summed E-state index contributed by atoms with van der Waals surface area (Å²) in [6, 6.07) is 10.1. The van der Waals surface area contributed by atoms with Gasteiger partial charge in [0.2, 0.25) is 6.79 Å². The highest BCUT2D eigenvalue weighted by atomic mass is 32.1. The lowest BCUT2D eigenvalue weighted by Gasteiger charge is -2.13. The van der Waals surface area contributed by atoms with E-state index in [1.54, 1.807) is 12.4 Å². The van der Waals surface area contributed by atoms with Crippen LogP contribution in [0.1, 0.15) is 28.8 Å². The first-order chi connectivity index (χ1) is 15.3. The molecule has 0 bridgehead atoms. The van der Waals surface area contributed by atoms with E-state index in [4.69, 9.17) is 19.4 Å². The molecule has 6 rings (SSSR count). The molecule has 1 N–H and O–H groups in total. The van der Waals surface area contributed by atoms with Gasteiger partial charge in [0.25, 0.3) is 0 Å². The highest BCUT2D eigenvalue weighted by Gasteiger charge is 2.21. The molecule has 0 spiro atoms. The van der Waals surface area contributed by atoms with E-state index in [1.807, 2.05) is 29.5 Å². The zero-order valence-electron chi connectivity index (χ0n) is 17.1. The van der Waals surface area contributed by atoms with Crippen molar-refractivity contribution >= 4 is 27.4 Å². The van der Waals surface area contributed by atoms with Crippen LogP contribution in [0.15, 0.2) is 42.7 Å². The number of aryl methyl sites for hydroxylation is 2. The Balaban J connectivity index is 1.33. The second-order valence-electron chi connectivity index (χ2n) is 7.89. The summed E-state index contributed by atoms with van der Waals surface area (Å²) in [5.74, 6) is 3.34. The van der Waals surface area contributed by atoms with Gasteiger partial charge in [-0.2, -0.15) is 0 Å². The minimum absolute atomic E-state index is 0.303. The lowest BCUT2D eigenvalue weighted by molar-refractivity contribution is 0.174. The summed E-state index contributed by atoms with van der Waals surface area (Å²) in [6.07, 6.45) is 9.21. The van der Waals surface area contributed by atoms with E-state index in [2.05, 4.69) is 22.4 Å². The maximum absolute atomic E-state index is 5.51. The molecule has 4 aromatic rings. The summed E-state index contributed by atoms with van der Waals surface area (Å²) in [7, 11) is 0. The number of ether oxygens (including phenoxy) is 2. The summed E-state index contributed by atoms with van der Waals surface area (Å²) in [4.78, 5) is 16.6. The van der Waals surface area contributed by atoms with Gasteiger partial charge < -0.3 is 14.8 Å². The van der Waals surface area contributed by atoms with Crippen molar-refractivity contribution in [2.75, 3.05) is 18.7 Å². The molecule has 6 nitrogen and oxygen atoms in total. The van der Waals surface area contributed by atoms with Crippen molar-refractivity contribution in [2.45, 2.75) is 32.1 Å². The van der Waals surface area contributed by atoms with E-state index in [0.717, 1.165) is 59.3 Å². The average molecular weight is 431 g/mol. The standard InChI is InChI=1S/C24H22N4O2S/c1-2-4-20-17(3-1)21-23(26-12-7-15-5-6-18-19(13-15)30-14-29-18)27-22(28-24(21)31-20)16-8-10-25-11-9-16/h5-6,8-11,13H,1-4,7,12,14H2,(H,26,27,28). The number of anilines is 1. The minimum Gasteiger partial charge on any atom is -0.454 e. The van der Waals surface area contributed by atoms with Crippen LogP contribution < -0.4 is 14.8 Å². The van der Waals surface area contributed by atoms with Gasteiger partial charge in [-0.15, -0.1) is 11.3 Å². The van der Waals surface area contributed by atoms with Crippen LogP contribution in [-0.2, 0) is 19.3 Å². The highest BCUT2D eigenvalue weighted by Crippen LogP contribution is 2.39. The van der Waals surface area contributed by atoms with Crippen molar-refractivity contribution in [1.29, 1.82) is 0 Å². The van der Waals surface area contributed by atoms with Crippen LogP contribution >= 0.6 is 11.3 Å². The van der Waals surface area contributed by atoms with E-state index in [-0.39, 0.29) is 0 Å². The summed E-state index contributed by atoms with van der Waals surface area (Å²) in [6.45, 7) is 1.09. The summed E-state index contributed by atoms with van der Waals surface area (Å²) < 4.78 is 10.9. The minimum atomic E-state index is 0.303.